The van der Waals surface area contributed by atoms with Gasteiger partial charge in [0, 0.05) is 27.2 Å². The Morgan fingerprint density at radius 3 is 1.95 bits per heavy atom. The topological polar surface area (TPSA) is 74.2 Å². The molecule has 0 aromatic carbocycles. The maximum absolute atomic E-state index is 11.1. The van der Waals surface area contributed by atoms with Gasteiger partial charge in [0.15, 0.2) is 0 Å². The van der Waals surface area contributed by atoms with E-state index in [4.69, 9.17) is 23.1 Å². The van der Waals surface area contributed by atoms with Gasteiger partial charge in [0.2, 0.25) is 0 Å². The number of hydrogen-bond acceptors (Lipinski definition) is 5. The highest BCUT2D eigenvalue weighted by atomic mass is 28.3. The van der Waals surface area contributed by atoms with Gasteiger partial charge in [0.25, 0.3) is 0 Å². The number of ether oxygens (including phenoxy) is 1. The van der Waals surface area contributed by atoms with E-state index >= 15 is 0 Å². The lowest BCUT2D eigenvalue weighted by Crippen LogP contribution is -2.23. The van der Waals surface area contributed by atoms with Gasteiger partial charge in [-0.05, 0) is 46.0 Å². The fourth-order valence-corrected chi connectivity index (χ4v) is 3.52. The lowest BCUT2D eigenvalue weighted by atomic mass is 9.97. The van der Waals surface area contributed by atoms with Crippen LogP contribution in [0.15, 0.2) is 11.3 Å². The summed E-state index contributed by atoms with van der Waals surface area (Å²) in [6, 6.07) is 0. The van der Waals surface area contributed by atoms with Crippen LogP contribution in [0.5, 0.6) is 0 Å². The molecule has 6 nitrogen and oxygen atoms in total. The minimum Gasteiger partial charge on any atom is -0.492 e. The van der Waals surface area contributed by atoms with E-state index in [1.54, 1.807) is 21.3 Å². The summed E-state index contributed by atoms with van der Waals surface area (Å²) in [4.78, 5) is 11.1. The number of allylic oxidation sites excluding steroid dienone is 1. The number of fused-ring (bicyclic) bond motifs is 2. The zero-order chi connectivity index (χ0) is 16.9. The van der Waals surface area contributed by atoms with Crippen molar-refractivity contribution in [1.82, 2.24) is 0 Å². The maximum atomic E-state index is 11.1. The van der Waals surface area contributed by atoms with Crippen molar-refractivity contribution in [3.05, 3.63) is 11.3 Å². The molecule has 0 aliphatic heterocycles. The highest BCUT2D eigenvalue weighted by molar-refractivity contribution is 6.36. The lowest BCUT2D eigenvalue weighted by molar-refractivity contribution is -0.133. The molecule has 1 N–H and O–H groups in total. The molecule has 0 heterocycles. The van der Waals surface area contributed by atoms with Gasteiger partial charge in [0.05, 0.1) is 5.57 Å². The van der Waals surface area contributed by atoms with E-state index < -0.39 is 15.5 Å². The van der Waals surface area contributed by atoms with Crippen LogP contribution >= 0.6 is 0 Å². The first-order valence-corrected chi connectivity index (χ1v) is 8.89. The number of hydrogen-bond donors (Lipinski definition) is 1. The van der Waals surface area contributed by atoms with Crippen LogP contribution in [0.25, 0.3) is 0 Å². The molecule has 7 heteroatoms. The number of carboxylic acid groups (broad SMARTS) is 1. The van der Waals surface area contributed by atoms with E-state index in [0.29, 0.717) is 11.5 Å². The van der Waals surface area contributed by atoms with Gasteiger partial charge in [-0.1, -0.05) is 0 Å². The van der Waals surface area contributed by atoms with E-state index in [9.17, 15) is 4.79 Å². The van der Waals surface area contributed by atoms with Crippen molar-refractivity contribution in [2.45, 2.75) is 45.6 Å². The van der Waals surface area contributed by atoms with E-state index in [2.05, 4.69) is 0 Å². The first-order chi connectivity index (χ1) is 10.2. The van der Waals surface area contributed by atoms with Crippen molar-refractivity contribution in [1.29, 1.82) is 0 Å². The van der Waals surface area contributed by atoms with Gasteiger partial charge in [0.1, 0.15) is 11.4 Å². The fourth-order valence-electron chi connectivity index (χ4n) is 2.94. The normalized spacial score (nSPS) is 23.6. The van der Waals surface area contributed by atoms with Crippen LogP contribution in [0.1, 0.15) is 40.0 Å². The second-order valence-electron chi connectivity index (χ2n) is 6.50. The fraction of sp³-hybridized carbons (Fsp3) is 0.800. The van der Waals surface area contributed by atoms with Crippen LogP contribution in [-0.2, 0) is 22.8 Å². The van der Waals surface area contributed by atoms with Crippen LogP contribution in [0.4, 0.5) is 0 Å². The Labute approximate surface area is 134 Å². The molecule has 0 saturated heterocycles. The van der Waals surface area contributed by atoms with Crippen molar-refractivity contribution in [2.24, 2.45) is 11.8 Å². The lowest BCUT2D eigenvalue weighted by Gasteiger charge is -2.27. The molecule has 0 spiro atoms. The molecule has 2 rings (SSSR count). The van der Waals surface area contributed by atoms with E-state index in [1.165, 1.54) is 0 Å². The van der Waals surface area contributed by atoms with Crippen molar-refractivity contribution in [3.8, 4) is 0 Å². The number of rotatable bonds is 5. The number of carboxylic acids is 1. The van der Waals surface area contributed by atoms with Crippen LogP contribution < -0.4 is 0 Å². The molecule has 0 aromatic heterocycles. The standard InChI is InChI=1S/C12H18O3.C3H10O3Si/c1-12(2,3)15-10-8-5-4-7(6-8)9(10)11(13)14;1-4-7(5-2)6-3/h7-8H,4-6H2,1-3H3,(H,13,14);7H,1-3H3. The van der Waals surface area contributed by atoms with E-state index in [-0.39, 0.29) is 11.5 Å². The first kappa shape index (κ1) is 19.2. The zero-order valence-corrected chi connectivity index (χ0v) is 15.5. The van der Waals surface area contributed by atoms with Gasteiger partial charge in [-0.3, -0.25) is 0 Å². The van der Waals surface area contributed by atoms with Crippen LogP contribution in [0.2, 0.25) is 0 Å². The molecule has 0 amide bonds. The monoisotopic (exact) mass is 332 g/mol. The Morgan fingerprint density at radius 1 is 1.09 bits per heavy atom. The van der Waals surface area contributed by atoms with E-state index in [0.717, 1.165) is 25.0 Å². The summed E-state index contributed by atoms with van der Waals surface area (Å²) in [5.74, 6) is 0.567. The third-order valence-electron chi connectivity index (χ3n) is 3.70. The SMILES string of the molecule is CC(C)(C)OC1=C(C(=O)O)C2CCC1C2.CO[SiH](OC)OC. The van der Waals surface area contributed by atoms with Crippen molar-refractivity contribution >= 4 is 15.5 Å². The van der Waals surface area contributed by atoms with Crippen LogP contribution in [0.3, 0.4) is 0 Å². The summed E-state index contributed by atoms with van der Waals surface area (Å²) in [7, 11) is 3.05. The van der Waals surface area contributed by atoms with Crippen molar-refractivity contribution in [3.63, 3.8) is 0 Å². The molecule has 2 unspecified atom stereocenters. The second-order valence-corrected chi connectivity index (χ2v) is 8.49. The Kier molecular flexibility index (Phi) is 7.05. The molecule has 0 aromatic rings. The molecular formula is C15H28O6Si. The zero-order valence-electron chi connectivity index (χ0n) is 14.3. The average Bonchev–Trinajstić information content (AvgIpc) is 3.00. The largest absolute Gasteiger partial charge is 0.492 e. The summed E-state index contributed by atoms with van der Waals surface area (Å²) in [5.41, 5.74) is 0.252. The average molecular weight is 332 g/mol. The van der Waals surface area contributed by atoms with Gasteiger partial charge in [-0.25, -0.2) is 4.79 Å². The van der Waals surface area contributed by atoms with Gasteiger partial charge >= 0.3 is 15.5 Å². The second kappa shape index (κ2) is 8.10. The Bertz CT molecular complexity index is 405. The smallest absolute Gasteiger partial charge is 0.483 e. The third kappa shape index (κ3) is 5.08. The first-order valence-electron chi connectivity index (χ1n) is 7.48. The van der Waals surface area contributed by atoms with Crippen molar-refractivity contribution in [2.75, 3.05) is 21.3 Å². The number of aliphatic carboxylic acids is 1. The summed E-state index contributed by atoms with van der Waals surface area (Å²) < 4.78 is 20.0. The van der Waals surface area contributed by atoms with Crippen LogP contribution in [-0.4, -0.2) is 47.5 Å². The summed E-state index contributed by atoms with van der Waals surface area (Å²) >= 11 is 0. The highest BCUT2D eigenvalue weighted by Gasteiger charge is 2.44. The predicted molar refractivity (Wildman–Crippen MR) is 84.5 cm³/mol. The minimum absolute atomic E-state index is 0.241. The quantitative estimate of drug-likeness (QED) is 0.778. The summed E-state index contributed by atoms with van der Waals surface area (Å²) in [6.45, 7) is 5.89. The third-order valence-corrected chi connectivity index (χ3v) is 4.86. The van der Waals surface area contributed by atoms with Gasteiger partial charge < -0.3 is 23.1 Å². The molecule has 0 radical (unpaired) electrons. The molecule has 2 aliphatic rings. The molecular weight excluding hydrogens is 304 g/mol. The molecule has 2 bridgehead atoms. The molecule has 128 valence electrons. The van der Waals surface area contributed by atoms with Crippen LogP contribution in [0, 0.1) is 11.8 Å². The minimum atomic E-state index is -1.67. The molecule has 22 heavy (non-hydrogen) atoms. The molecule has 1 saturated carbocycles. The maximum Gasteiger partial charge on any atom is 0.483 e. The Hall–Kier alpha value is -0.893. The summed E-state index contributed by atoms with van der Waals surface area (Å²) in [5, 5.41) is 9.16. The summed E-state index contributed by atoms with van der Waals surface area (Å²) in [6.07, 6.45) is 3.09. The molecule has 2 aliphatic carbocycles. The Morgan fingerprint density at radius 2 is 1.59 bits per heavy atom. The molecule has 1 fully saturated rings. The predicted octanol–water partition coefficient (Wildman–Crippen LogP) is 2.21. The van der Waals surface area contributed by atoms with Gasteiger partial charge in [-0.15, -0.1) is 0 Å². The highest BCUT2D eigenvalue weighted by Crippen LogP contribution is 2.49. The van der Waals surface area contributed by atoms with Gasteiger partial charge in [-0.2, -0.15) is 0 Å². The van der Waals surface area contributed by atoms with Crippen molar-refractivity contribution < 1.29 is 27.9 Å². The Balaban J connectivity index is 0.000000295. The number of carbonyl (C=O) groups is 1. The van der Waals surface area contributed by atoms with E-state index in [1.807, 2.05) is 20.8 Å². The molecule has 2 atom stereocenters.